The van der Waals surface area contributed by atoms with Gasteiger partial charge >= 0.3 is 6.09 Å². The number of carbonyl (C=O) groups excluding carboxylic acids is 2. The number of alkyl carbamates (subject to hydrolysis) is 1. The van der Waals surface area contributed by atoms with Crippen LogP contribution >= 0.6 is 0 Å². The van der Waals surface area contributed by atoms with Crippen molar-refractivity contribution in [1.82, 2.24) is 5.32 Å². The minimum absolute atomic E-state index is 0.0458. The Hall–Kier alpha value is -2.08. The molecule has 0 bridgehead atoms. The van der Waals surface area contributed by atoms with E-state index in [1.807, 2.05) is 26.8 Å². The van der Waals surface area contributed by atoms with Gasteiger partial charge < -0.3 is 20.1 Å². The van der Waals surface area contributed by atoms with Crippen LogP contribution in [0.4, 0.5) is 10.5 Å². The number of hydrogen-bond donors (Lipinski definition) is 2. The highest BCUT2D eigenvalue weighted by Crippen LogP contribution is 2.29. The number of carbonyl (C=O) groups is 2. The standard InChI is InChI=1S/C16H22N2O4/c1-11(2)12(3)17-15(20)22-16(21)9-10-18(14(16)19)13-7-5-4-6-8-13/h4-8,11-12,21H,9-10H2,1-3H3,(H,17,20)/t12?,16-/m0/s1. The Labute approximate surface area is 130 Å². The molecule has 1 aromatic carbocycles. The highest BCUT2D eigenvalue weighted by molar-refractivity contribution is 6.01. The summed E-state index contributed by atoms with van der Waals surface area (Å²) in [6.45, 7) is 6.05. The van der Waals surface area contributed by atoms with Crippen molar-refractivity contribution in [3.8, 4) is 0 Å². The van der Waals surface area contributed by atoms with Crippen LogP contribution in [0.1, 0.15) is 27.2 Å². The molecule has 2 N–H and O–H groups in total. The number of benzene rings is 1. The van der Waals surface area contributed by atoms with Crippen molar-refractivity contribution in [2.75, 3.05) is 11.4 Å². The Morgan fingerprint density at radius 2 is 1.95 bits per heavy atom. The Balaban J connectivity index is 2.03. The van der Waals surface area contributed by atoms with Crippen LogP contribution < -0.4 is 10.2 Å². The lowest BCUT2D eigenvalue weighted by atomic mass is 10.1. The van der Waals surface area contributed by atoms with Gasteiger partial charge in [0.2, 0.25) is 0 Å². The maximum atomic E-state index is 12.4. The fourth-order valence-corrected chi connectivity index (χ4v) is 2.17. The van der Waals surface area contributed by atoms with Crippen molar-refractivity contribution >= 4 is 17.7 Å². The molecule has 1 heterocycles. The van der Waals surface area contributed by atoms with Gasteiger partial charge in [-0.05, 0) is 25.0 Å². The zero-order valence-corrected chi connectivity index (χ0v) is 13.1. The minimum atomic E-state index is -2.10. The number of anilines is 1. The van der Waals surface area contributed by atoms with E-state index in [2.05, 4.69) is 5.32 Å². The van der Waals surface area contributed by atoms with Gasteiger partial charge in [0.1, 0.15) is 0 Å². The molecule has 1 aliphatic heterocycles. The number of amides is 2. The van der Waals surface area contributed by atoms with Crippen molar-refractivity contribution in [1.29, 1.82) is 0 Å². The quantitative estimate of drug-likeness (QED) is 0.833. The average molecular weight is 306 g/mol. The fourth-order valence-electron chi connectivity index (χ4n) is 2.17. The van der Waals surface area contributed by atoms with Crippen molar-refractivity contribution in [2.24, 2.45) is 5.92 Å². The van der Waals surface area contributed by atoms with Crippen LogP contribution in [0.15, 0.2) is 30.3 Å². The molecule has 2 atom stereocenters. The Morgan fingerprint density at radius 3 is 2.55 bits per heavy atom. The molecule has 22 heavy (non-hydrogen) atoms. The smallest absolute Gasteiger partial charge is 0.407 e. The second-order valence-corrected chi connectivity index (χ2v) is 5.89. The Morgan fingerprint density at radius 1 is 1.32 bits per heavy atom. The van der Waals surface area contributed by atoms with Crippen molar-refractivity contribution in [2.45, 2.75) is 39.0 Å². The Kier molecular flexibility index (Phi) is 4.71. The van der Waals surface area contributed by atoms with Crippen LogP contribution in [-0.4, -0.2) is 35.5 Å². The Bertz CT molecular complexity index is 546. The van der Waals surface area contributed by atoms with Gasteiger partial charge in [-0.2, -0.15) is 0 Å². The number of ether oxygens (including phenoxy) is 1. The first kappa shape index (κ1) is 16.3. The van der Waals surface area contributed by atoms with E-state index in [1.165, 1.54) is 4.90 Å². The highest BCUT2D eigenvalue weighted by atomic mass is 16.7. The van der Waals surface area contributed by atoms with Gasteiger partial charge in [0.25, 0.3) is 11.7 Å². The second-order valence-electron chi connectivity index (χ2n) is 5.89. The molecule has 6 nitrogen and oxygen atoms in total. The van der Waals surface area contributed by atoms with E-state index < -0.39 is 17.8 Å². The van der Waals surface area contributed by atoms with Crippen molar-refractivity contribution in [3.05, 3.63) is 30.3 Å². The van der Waals surface area contributed by atoms with Gasteiger partial charge in [-0.15, -0.1) is 0 Å². The molecule has 2 rings (SSSR count). The first-order valence-corrected chi connectivity index (χ1v) is 7.42. The van der Waals surface area contributed by atoms with Gasteiger partial charge in [-0.3, -0.25) is 4.79 Å². The summed E-state index contributed by atoms with van der Waals surface area (Å²) in [5, 5.41) is 13.0. The molecule has 1 saturated heterocycles. The summed E-state index contributed by atoms with van der Waals surface area (Å²) in [6.07, 6.45) is -0.739. The monoisotopic (exact) mass is 306 g/mol. The molecule has 0 aromatic heterocycles. The first-order valence-electron chi connectivity index (χ1n) is 7.42. The highest BCUT2D eigenvalue weighted by Gasteiger charge is 2.49. The summed E-state index contributed by atoms with van der Waals surface area (Å²) in [7, 11) is 0. The number of hydrogen-bond acceptors (Lipinski definition) is 4. The van der Waals surface area contributed by atoms with Crippen molar-refractivity contribution in [3.63, 3.8) is 0 Å². The van der Waals surface area contributed by atoms with E-state index in [-0.39, 0.29) is 18.4 Å². The molecule has 1 fully saturated rings. The molecule has 6 heteroatoms. The van der Waals surface area contributed by atoms with E-state index in [4.69, 9.17) is 4.74 Å². The third kappa shape index (κ3) is 3.39. The molecule has 0 radical (unpaired) electrons. The zero-order valence-electron chi connectivity index (χ0n) is 13.1. The molecular weight excluding hydrogens is 284 g/mol. The average Bonchev–Trinajstić information content (AvgIpc) is 2.75. The molecule has 0 saturated carbocycles. The van der Waals surface area contributed by atoms with E-state index in [0.29, 0.717) is 12.2 Å². The van der Waals surface area contributed by atoms with Gasteiger partial charge in [0, 0.05) is 24.7 Å². The summed E-state index contributed by atoms with van der Waals surface area (Å²) >= 11 is 0. The lowest BCUT2D eigenvalue weighted by molar-refractivity contribution is -0.175. The predicted octanol–water partition coefficient (Wildman–Crippen LogP) is 1.88. The third-order valence-corrected chi connectivity index (χ3v) is 3.93. The van der Waals surface area contributed by atoms with Gasteiger partial charge in [-0.25, -0.2) is 4.79 Å². The van der Waals surface area contributed by atoms with E-state index >= 15 is 0 Å². The van der Waals surface area contributed by atoms with Gasteiger partial charge in [0.15, 0.2) is 0 Å². The van der Waals surface area contributed by atoms with Crippen LogP contribution in [0.5, 0.6) is 0 Å². The summed E-state index contributed by atoms with van der Waals surface area (Å²) in [6, 6.07) is 8.87. The predicted molar refractivity (Wildman–Crippen MR) is 82.3 cm³/mol. The second kappa shape index (κ2) is 6.36. The number of nitrogens with one attached hydrogen (secondary N) is 1. The van der Waals surface area contributed by atoms with E-state index in [1.54, 1.807) is 24.3 Å². The van der Waals surface area contributed by atoms with Crippen molar-refractivity contribution < 1.29 is 19.4 Å². The SMILES string of the molecule is CC(C)C(C)NC(=O)O[C@@]1(O)CCN(c2ccccc2)C1=O. The molecule has 2 amide bonds. The number of aliphatic hydroxyl groups is 1. The summed E-state index contributed by atoms with van der Waals surface area (Å²) in [4.78, 5) is 25.6. The van der Waals surface area contributed by atoms with Crippen LogP contribution in [0.3, 0.4) is 0 Å². The minimum Gasteiger partial charge on any atom is -0.407 e. The number of nitrogens with zero attached hydrogens (tertiary/aromatic N) is 1. The normalized spacial score (nSPS) is 22.8. The maximum absolute atomic E-state index is 12.4. The van der Waals surface area contributed by atoms with Crippen LogP contribution in [-0.2, 0) is 9.53 Å². The number of para-hydroxylation sites is 1. The van der Waals surface area contributed by atoms with E-state index in [9.17, 15) is 14.7 Å². The maximum Gasteiger partial charge on any atom is 0.410 e. The summed E-state index contributed by atoms with van der Waals surface area (Å²) in [5.74, 6) is -2.50. The fraction of sp³-hybridized carbons (Fsp3) is 0.500. The molecular formula is C16H22N2O4. The molecule has 1 unspecified atom stereocenters. The largest absolute Gasteiger partial charge is 0.410 e. The first-order chi connectivity index (χ1) is 10.3. The molecule has 0 spiro atoms. The third-order valence-electron chi connectivity index (χ3n) is 3.93. The lowest BCUT2D eigenvalue weighted by Crippen LogP contribution is -2.48. The topological polar surface area (TPSA) is 78.9 Å². The molecule has 1 aliphatic rings. The molecule has 120 valence electrons. The van der Waals surface area contributed by atoms with Crippen LogP contribution in [0.25, 0.3) is 0 Å². The zero-order chi connectivity index (χ0) is 16.3. The van der Waals surface area contributed by atoms with Crippen LogP contribution in [0.2, 0.25) is 0 Å². The van der Waals surface area contributed by atoms with E-state index in [0.717, 1.165) is 0 Å². The van der Waals surface area contributed by atoms with Gasteiger partial charge in [0.05, 0.1) is 0 Å². The summed E-state index contributed by atoms with van der Waals surface area (Å²) in [5.41, 5.74) is 0.669. The molecule has 0 aliphatic carbocycles. The van der Waals surface area contributed by atoms with Gasteiger partial charge in [-0.1, -0.05) is 32.0 Å². The number of rotatable bonds is 4. The lowest BCUT2D eigenvalue weighted by Gasteiger charge is -2.24. The molecule has 1 aromatic rings. The van der Waals surface area contributed by atoms with Crippen LogP contribution in [0, 0.1) is 5.92 Å². The summed E-state index contributed by atoms with van der Waals surface area (Å²) < 4.78 is 5.00.